The number of ketones is 1. The zero-order chi connectivity index (χ0) is 19.4. The number of nitrogens with zero attached hydrogens (tertiary/aromatic N) is 2. The van der Waals surface area contributed by atoms with E-state index >= 15 is 0 Å². The Kier molecular flexibility index (Phi) is 5.63. The summed E-state index contributed by atoms with van der Waals surface area (Å²) in [5.74, 6) is -0.931. The molecule has 9 heteroatoms. The molecule has 0 radical (unpaired) electrons. The van der Waals surface area contributed by atoms with Crippen LogP contribution in [0.2, 0.25) is 0 Å². The summed E-state index contributed by atoms with van der Waals surface area (Å²) in [6, 6.07) is 10.6. The van der Waals surface area contributed by atoms with Gasteiger partial charge in [-0.3, -0.25) is 25.0 Å². The van der Waals surface area contributed by atoms with Gasteiger partial charge in [0.05, 0.1) is 15.4 Å². The molecule has 3 rings (SSSR count). The van der Waals surface area contributed by atoms with Gasteiger partial charge in [-0.1, -0.05) is 18.2 Å². The van der Waals surface area contributed by atoms with E-state index in [1.807, 2.05) is 0 Å². The first-order chi connectivity index (χ1) is 13.0. The van der Waals surface area contributed by atoms with E-state index in [9.17, 15) is 19.7 Å². The SMILES string of the molecule is CSc1ccc(C(=O)c2ccccc2C(=O)Nc2nccs2)cc1[N+](=O)[O-]. The lowest BCUT2D eigenvalue weighted by Crippen LogP contribution is -2.17. The summed E-state index contributed by atoms with van der Waals surface area (Å²) in [4.78, 5) is 40.6. The number of thioether (sulfide) groups is 1. The molecule has 2 aromatic carbocycles. The number of nitro benzene ring substituents is 1. The molecule has 136 valence electrons. The fourth-order valence-electron chi connectivity index (χ4n) is 2.46. The van der Waals surface area contributed by atoms with Crippen LogP contribution in [0.4, 0.5) is 10.8 Å². The number of nitrogens with one attached hydrogen (secondary N) is 1. The number of anilines is 1. The highest BCUT2D eigenvalue weighted by Crippen LogP contribution is 2.29. The van der Waals surface area contributed by atoms with Crippen LogP contribution in [0.3, 0.4) is 0 Å². The molecule has 0 aliphatic rings. The predicted molar refractivity (Wildman–Crippen MR) is 105 cm³/mol. The molecule has 1 amide bonds. The number of hydrogen-bond donors (Lipinski definition) is 1. The third kappa shape index (κ3) is 4.04. The van der Waals surface area contributed by atoms with Gasteiger partial charge in [0.1, 0.15) is 0 Å². The van der Waals surface area contributed by atoms with Crippen molar-refractivity contribution in [3.63, 3.8) is 0 Å². The Morgan fingerprint density at radius 2 is 1.93 bits per heavy atom. The van der Waals surface area contributed by atoms with Crippen LogP contribution in [0.1, 0.15) is 26.3 Å². The Morgan fingerprint density at radius 1 is 1.19 bits per heavy atom. The second kappa shape index (κ2) is 8.11. The fraction of sp³-hybridized carbons (Fsp3) is 0.0556. The Bertz CT molecular complexity index is 1020. The Morgan fingerprint density at radius 3 is 2.56 bits per heavy atom. The van der Waals surface area contributed by atoms with Crippen LogP contribution in [-0.2, 0) is 0 Å². The Balaban J connectivity index is 1.97. The highest BCUT2D eigenvalue weighted by molar-refractivity contribution is 7.98. The van der Waals surface area contributed by atoms with Crippen molar-refractivity contribution >= 4 is 45.6 Å². The van der Waals surface area contributed by atoms with Crippen LogP contribution in [-0.4, -0.2) is 27.9 Å². The highest BCUT2D eigenvalue weighted by atomic mass is 32.2. The van der Waals surface area contributed by atoms with Gasteiger partial charge in [-0.05, 0) is 24.5 Å². The Labute approximate surface area is 162 Å². The summed E-state index contributed by atoms with van der Waals surface area (Å²) in [6.45, 7) is 0. The van der Waals surface area contributed by atoms with Crippen LogP contribution < -0.4 is 5.32 Å². The largest absolute Gasteiger partial charge is 0.298 e. The van der Waals surface area contributed by atoms with E-state index < -0.39 is 16.6 Å². The van der Waals surface area contributed by atoms with E-state index in [0.29, 0.717) is 10.0 Å². The molecule has 1 N–H and O–H groups in total. The minimum atomic E-state index is -0.524. The van der Waals surface area contributed by atoms with Gasteiger partial charge in [0.15, 0.2) is 10.9 Å². The van der Waals surface area contributed by atoms with Crippen molar-refractivity contribution in [3.05, 3.63) is 80.8 Å². The first kappa shape index (κ1) is 18.7. The molecule has 0 bridgehead atoms. The van der Waals surface area contributed by atoms with Crippen molar-refractivity contribution in [1.29, 1.82) is 0 Å². The minimum absolute atomic E-state index is 0.141. The van der Waals surface area contributed by atoms with Gasteiger partial charge >= 0.3 is 0 Å². The number of thiazole rings is 1. The highest BCUT2D eigenvalue weighted by Gasteiger charge is 2.22. The molecular formula is C18H13N3O4S2. The van der Waals surface area contributed by atoms with Gasteiger partial charge in [-0.25, -0.2) is 4.98 Å². The first-order valence-corrected chi connectivity index (χ1v) is 9.78. The van der Waals surface area contributed by atoms with Crippen LogP contribution >= 0.6 is 23.1 Å². The normalized spacial score (nSPS) is 10.4. The fourth-order valence-corrected chi connectivity index (χ4v) is 3.53. The maximum atomic E-state index is 12.9. The molecule has 1 aromatic heterocycles. The van der Waals surface area contributed by atoms with E-state index in [-0.39, 0.29) is 22.4 Å². The zero-order valence-electron chi connectivity index (χ0n) is 14.0. The third-order valence-electron chi connectivity index (χ3n) is 3.71. The van der Waals surface area contributed by atoms with Gasteiger partial charge in [0.25, 0.3) is 11.6 Å². The summed E-state index contributed by atoms with van der Waals surface area (Å²) < 4.78 is 0. The van der Waals surface area contributed by atoms with Gasteiger partial charge < -0.3 is 0 Å². The molecule has 1 heterocycles. The van der Waals surface area contributed by atoms with Crippen molar-refractivity contribution in [1.82, 2.24) is 4.98 Å². The molecule has 3 aromatic rings. The molecule has 0 unspecified atom stereocenters. The molecular weight excluding hydrogens is 386 g/mol. The zero-order valence-corrected chi connectivity index (χ0v) is 15.7. The molecule has 0 aliphatic heterocycles. The van der Waals surface area contributed by atoms with Gasteiger partial charge in [0, 0.05) is 28.8 Å². The second-order valence-electron chi connectivity index (χ2n) is 5.31. The average Bonchev–Trinajstić information content (AvgIpc) is 3.19. The minimum Gasteiger partial charge on any atom is -0.298 e. The van der Waals surface area contributed by atoms with E-state index in [1.54, 1.807) is 30.0 Å². The van der Waals surface area contributed by atoms with E-state index in [2.05, 4.69) is 10.3 Å². The third-order valence-corrected chi connectivity index (χ3v) is 5.18. The lowest BCUT2D eigenvalue weighted by molar-refractivity contribution is -0.387. The van der Waals surface area contributed by atoms with Crippen LogP contribution in [0, 0.1) is 10.1 Å². The average molecular weight is 399 g/mol. The molecule has 0 atom stereocenters. The molecule has 27 heavy (non-hydrogen) atoms. The number of rotatable bonds is 6. The van der Waals surface area contributed by atoms with Gasteiger partial charge in [-0.2, -0.15) is 0 Å². The lowest BCUT2D eigenvalue weighted by Gasteiger charge is -2.09. The van der Waals surface area contributed by atoms with Crippen molar-refractivity contribution in [2.45, 2.75) is 4.90 Å². The first-order valence-electron chi connectivity index (χ1n) is 7.68. The Hall–Kier alpha value is -3.04. The molecule has 0 fully saturated rings. The van der Waals surface area contributed by atoms with Crippen molar-refractivity contribution < 1.29 is 14.5 Å². The standard InChI is InChI=1S/C18H13N3O4S2/c1-26-15-7-6-11(10-14(15)21(24)25)16(22)12-4-2-3-5-13(12)17(23)20-18-19-8-9-27-18/h2-10H,1H3,(H,19,20,23). The second-order valence-corrected chi connectivity index (χ2v) is 7.05. The summed E-state index contributed by atoms with van der Waals surface area (Å²) in [7, 11) is 0. The number of carbonyl (C=O) groups is 2. The van der Waals surface area contributed by atoms with E-state index in [1.165, 1.54) is 53.4 Å². The predicted octanol–water partition coefficient (Wildman–Crippen LogP) is 4.26. The summed E-state index contributed by atoms with van der Waals surface area (Å²) in [6.07, 6.45) is 3.28. The number of carbonyl (C=O) groups excluding carboxylic acids is 2. The van der Waals surface area contributed by atoms with Crippen LogP contribution in [0.15, 0.2) is 58.9 Å². The number of amides is 1. The maximum absolute atomic E-state index is 12.9. The number of aromatic nitrogens is 1. The van der Waals surface area contributed by atoms with Gasteiger partial charge in [0.2, 0.25) is 0 Å². The molecule has 7 nitrogen and oxygen atoms in total. The number of nitro groups is 1. The topological polar surface area (TPSA) is 102 Å². The van der Waals surface area contributed by atoms with Crippen molar-refractivity contribution in [2.24, 2.45) is 0 Å². The summed E-state index contributed by atoms with van der Waals surface area (Å²) >= 11 is 2.49. The molecule has 0 spiro atoms. The van der Waals surface area contributed by atoms with Gasteiger partial charge in [-0.15, -0.1) is 23.1 Å². The number of benzene rings is 2. The summed E-state index contributed by atoms with van der Waals surface area (Å²) in [5, 5.41) is 16.0. The van der Waals surface area contributed by atoms with Crippen molar-refractivity contribution in [3.8, 4) is 0 Å². The van der Waals surface area contributed by atoms with Crippen molar-refractivity contribution in [2.75, 3.05) is 11.6 Å². The number of hydrogen-bond acceptors (Lipinski definition) is 7. The molecule has 0 aliphatic carbocycles. The quantitative estimate of drug-likeness (QED) is 0.288. The maximum Gasteiger partial charge on any atom is 0.283 e. The smallest absolute Gasteiger partial charge is 0.283 e. The molecule has 0 saturated heterocycles. The van der Waals surface area contributed by atoms with E-state index in [4.69, 9.17) is 0 Å². The van der Waals surface area contributed by atoms with E-state index in [0.717, 1.165) is 0 Å². The van der Waals surface area contributed by atoms with Crippen LogP contribution in [0.25, 0.3) is 0 Å². The lowest BCUT2D eigenvalue weighted by atomic mass is 9.97. The summed E-state index contributed by atoms with van der Waals surface area (Å²) in [5.41, 5.74) is 0.346. The van der Waals surface area contributed by atoms with Crippen LogP contribution in [0.5, 0.6) is 0 Å². The monoisotopic (exact) mass is 399 g/mol. The molecule has 0 saturated carbocycles.